The summed E-state index contributed by atoms with van der Waals surface area (Å²) in [7, 11) is -3.84. The van der Waals surface area contributed by atoms with E-state index < -0.39 is 21.6 Å². The Labute approximate surface area is 125 Å². The Morgan fingerprint density at radius 1 is 1.42 bits per heavy atom. The highest BCUT2D eigenvalue weighted by molar-refractivity contribution is 14.1. The zero-order valence-electron chi connectivity index (χ0n) is 10.3. The smallest absolute Gasteiger partial charge is 0.336 e. The van der Waals surface area contributed by atoms with Crippen LogP contribution in [0.5, 0.6) is 0 Å². The molecule has 0 unspecified atom stereocenters. The van der Waals surface area contributed by atoms with E-state index in [9.17, 15) is 18.3 Å². The van der Waals surface area contributed by atoms with E-state index in [1.807, 2.05) is 22.6 Å². The minimum Gasteiger partial charge on any atom is -0.478 e. The van der Waals surface area contributed by atoms with Crippen LogP contribution in [0.1, 0.15) is 24.2 Å². The van der Waals surface area contributed by atoms with E-state index in [0.717, 1.165) is 6.07 Å². The summed E-state index contributed by atoms with van der Waals surface area (Å²) < 4.78 is 26.6. The van der Waals surface area contributed by atoms with Gasteiger partial charge in [0.05, 0.1) is 16.1 Å². The molecule has 0 aliphatic carbocycles. The van der Waals surface area contributed by atoms with Gasteiger partial charge >= 0.3 is 5.97 Å². The molecule has 8 heteroatoms. The van der Waals surface area contributed by atoms with Crippen molar-refractivity contribution < 1.29 is 23.4 Å². The largest absolute Gasteiger partial charge is 0.478 e. The summed E-state index contributed by atoms with van der Waals surface area (Å²) in [6, 6.07) is 3.83. The van der Waals surface area contributed by atoms with Crippen LogP contribution < -0.4 is 4.72 Å². The number of hydrogen-bond acceptors (Lipinski definition) is 4. The molecule has 6 nitrogen and oxygen atoms in total. The van der Waals surface area contributed by atoms with Crippen molar-refractivity contribution in [2.45, 2.75) is 24.3 Å². The Morgan fingerprint density at radius 2 is 2.00 bits per heavy atom. The summed E-state index contributed by atoms with van der Waals surface area (Å²) in [5, 5.41) is 18.4. The van der Waals surface area contributed by atoms with E-state index in [2.05, 4.69) is 4.72 Å². The third kappa shape index (κ3) is 4.71. The van der Waals surface area contributed by atoms with Gasteiger partial charge in [0, 0.05) is 10.1 Å². The van der Waals surface area contributed by atoms with Crippen molar-refractivity contribution in [2.75, 3.05) is 6.54 Å². The van der Waals surface area contributed by atoms with E-state index in [-0.39, 0.29) is 17.0 Å². The average Bonchev–Trinajstić information content (AvgIpc) is 2.25. The Morgan fingerprint density at radius 3 is 2.47 bits per heavy atom. The van der Waals surface area contributed by atoms with Crippen LogP contribution in [0.15, 0.2) is 23.1 Å². The number of sulfonamides is 1. The highest BCUT2D eigenvalue weighted by Crippen LogP contribution is 2.18. The molecule has 0 aliphatic rings. The van der Waals surface area contributed by atoms with Crippen LogP contribution in [0.2, 0.25) is 0 Å². The van der Waals surface area contributed by atoms with Crippen molar-refractivity contribution in [2.24, 2.45) is 0 Å². The number of carboxylic acid groups (broad SMARTS) is 1. The molecule has 19 heavy (non-hydrogen) atoms. The molecular formula is C11H14INO5S. The number of carboxylic acids is 1. The first-order chi connectivity index (χ1) is 8.53. The Balaban J connectivity index is 3.09. The summed E-state index contributed by atoms with van der Waals surface area (Å²) in [5.74, 6) is -1.19. The number of rotatable bonds is 5. The average molecular weight is 399 g/mol. The molecule has 0 aliphatic heterocycles. The number of carbonyl (C=O) groups is 1. The lowest BCUT2D eigenvalue weighted by Gasteiger charge is -2.17. The van der Waals surface area contributed by atoms with Gasteiger partial charge in [-0.25, -0.2) is 17.9 Å². The molecule has 1 aromatic carbocycles. The molecule has 0 amide bonds. The number of benzene rings is 1. The normalized spacial score (nSPS) is 12.4. The molecule has 0 bridgehead atoms. The van der Waals surface area contributed by atoms with Crippen LogP contribution >= 0.6 is 22.6 Å². The van der Waals surface area contributed by atoms with E-state index in [1.54, 1.807) is 0 Å². The van der Waals surface area contributed by atoms with Gasteiger partial charge in [-0.05, 0) is 54.6 Å². The van der Waals surface area contributed by atoms with Crippen molar-refractivity contribution in [3.05, 3.63) is 27.3 Å². The summed E-state index contributed by atoms with van der Waals surface area (Å²) in [6.07, 6.45) is 0. The third-order valence-electron chi connectivity index (χ3n) is 2.17. The fourth-order valence-electron chi connectivity index (χ4n) is 1.19. The van der Waals surface area contributed by atoms with Crippen molar-refractivity contribution >= 4 is 38.6 Å². The number of aliphatic hydroxyl groups is 1. The zero-order chi connectivity index (χ0) is 14.8. The van der Waals surface area contributed by atoms with Crippen molar-refractivity contribution in [3.63, 3.8) is 0 Å². The molecule has 0 heterocycles. The summed E-state index contributed by atoms with van der Waals surface area (Å²) in [6.45, 7) is 2.77. The van der Waals surface area contributed by atoms with Gasteiger partial charge in [-0.3, -0.25) is 0 Å². The minimum atomic E-state index is -3.84. The zero-order valence-corrected chi connectivity index (χ0v) is 13.3. The van der Waals surface area contributed by atoms with Crippen molar-refractivity contribution in [1.82, 2.24) is 4.72 Å². The summed E-state index contributed by atoms with van der Waals surface area (Å²) in [4.78, 5) is 10.8. The number of hydrogen-bond donors (Lipinski definition) is 3. The number of halogens is 1. The quantitative estimate of drug-likeness (QED) is 0.642. The summed E-state index contributed by atoms with van der Waals surface area (Å²) >= 11 is 1.82. The van der Waals surface area contributed by atoms with Gasteiger partial charge < -0.3 is 10.2 Å². The third-order valence-corrected chi connectivity index (χ3v) is 4.51. The van der Waals surface area contributed by atoms with Crippen LogP contribution in [0, 0.1) is 3.57 Å². The van der Waals surface area contributed by atoms with Crippen LogP contribution in [0.25, 0.3) is 0 Å². The summed E-state index contributed by atoms with van der Waals surface area (Å²) in [5.41, 5.74) is -1.27. The first-order valence-electron chi connectivity index (χ1n) is 5.28. The lowest BCUT2D eigenvalue weighted by atomic mass is 10.1. The SMILES string of the molecule is CC(C)(O)CNS(=O)(=O)c1ccc(I)c(C(=O)O)c1. The monoisotopic (exact) mass is 399 g/mol. The van der Waals surface area contributed by atoms with Crippen LogP contribution in [-0.4, -0.2) is 36.7 Å². The van der Waals surface area contributed by atoms with Crippen molar-refractivity contribution in [3.8, 4) is 0 Å². The van der Waals surface area contributed by atoms with Gasteiger partial charge in [-0.2, -0.15) is 0 Å². The maximum Gasteiger partial charge on any atom is 0.336 e. The van der Waals surface area contributed by atoms with Gasteiger partial charge in [0.25, 0.3) is 0 Å². The Bertz CT molecular complexity index is 592. The van der Waals surface area contributed by atoms with E-state index in [4.69, 9.17) is 5.11 Å². The molecule has 0 fully saturated rings. The van der Waals surface area contributed by atoms with Crippen LogP contribution in [0.4, 0.5) is 0 Å². The van der Waals surface area contributed by atoms with E-state index in [1.165, 1.54) is 26.0 Å². The van der Waals surface area contributed by atoms with Gasteiger partial charge in [0.2, 0.25) is 10.0 Å². The minimum absolute atomic E-state index is 0.0771. The predicted molar refractivity (Wildman–Crippen MR) is 77.6 cm³/mol. The van der Waals surface area contributed by atoms with E-state index in [0.29, 0.717) is 3.57 Å². The molecule has 0 aromatic heterocycles. The molecule has 1 rings (SSSR count). The van der Waals surface area contributed by atoms with E-state index >= 15 is 0 Å². The molecule has 3 N–H and O–H groups in total. The number of nitrogens with one attached hydrogen (secondary N) is 1. The molecule has 0 radical (unpaired) electrons. The lowest BCUT2D eigenvalue weighted by Crippen LogP contribution is -2.38. The first-order valence-corrected chi connectivity index (χ1v) is 7.84. The van der Waals surface area contributed by atoms with Gasteiger partial charge in [0.1, 0.15) is 0 Å². The predicted octanol–water partition coefficient (Wildman–Crippen LogP) is 1.04. The van der Waals surface area contributed by atoms with Gasteiger partial charge in [-0.15, -0.1) is 0 Å². The highest BCUT2D eigenvalue weighted by Gasteiger charge is 2.21. The van der Waals surface area contributed by atoms with Crippen LogP contribution in [0.3, 0.4) is 0 Å². The van der Waals surface area contributed by atoms with Gasteiger partial charge in [-0.1, -0.05) is 0 Å². The van der Waals surface area contributed by atoms with Gasteiger partial charge in [0.15, 0.2) is 0 Å². The molecule has 0 atom stereocenters. The first kappa shape index (κ1) is 16.3. The fourth-order valence-corrected chi connectivity index (χ4v) is 2.99. The molecule has 0 saturated heterocycles. The molecule has 106 valence electrons. The maximum atomic E-state index is 11.9. The molecule has 0 saturated carbocycles. The lowest BCUT2D eigenvalue weighted by molar-refractivity contribution is 0.0695. The maximum absolute atomic E-state index is 11.9. The Hall–Kier alpha value is -0.710. The molecule has 1 aromatic rings. The topological polar surface area (TPSA) is 104 Å². The standard InChI is InChI=1S/C11H14INO5S/c1-11(2,16)6-13-19(17,18)7-3-4-9(12)8(5-7)10(14)15/h3-5,13,16H,6H2,1-2H3,(H,14,15). The van der Waals surface area contributed by atoms with Crippen molar-refractivity contribution in [1.29, 1.82) is 0 Å². The second-order valence-corrected chi connectivity index (χ2v) is 7.51. The number of aromatic carboxylic acids is 1. The Kier molecular flexibility index (Phi) is 4.93. The second kappa shape index (κ2) is 5.73. The molecular weight excluding hydrogens is 385 g/mol. The fraction of sp³-hybridized carbons (Fsp3) is 0.364. The molecule has 0 spiro atoms. The van der Waals surface area contributed by atoms with Crippen LogP contribution in [-0.2, 0) is 10.0 Å². The second-order valence-electron chi connectivity index (χ2n) is 4.58. The highest BCUT2D eigenvalue weighted by atomic mass is 127.